The molecule has 1 aliphatic heterocycles. The van der Waals surface area contributed by atoms with Crippen LogP contribution >= 0.6 is 0 Å². The van der Waals surface area contributed by atoms with E-state index in [0.717, 1.165) is 0 Å². The Morgan fingerprint density at radius 2 is 2.09 bits per heavy atom. The normalized spacial score (nSPS) is 17.7. The molecule has 2 nitrogen and oxygen atoms in total. The molecule has 0 atom stereocenters. The molecule has 0 amide bonds. The van der Waals surface area contributed by atoms with Crippen LogP contribution < -0.4 is 5.32 Å². The third kappa shape index (κ3) is 1.93. The second-order valence-corrected chi connectivity index (χ2v) is 3.70. The van der Waals surface area contributed by atoms with Crippen LogP contribution in [0.1, 0.15) is 20.8 Å². The topological polar surface area (TPSA) is 24.4 Å². The molecule has 0 aromatic carbocycles. The summed E-state index contributed by atoms with van der Waals surface area (Å²) < 4.78 is 0. The van der Waals surface area contributed by atoms with Crippen LogP contribution in [0.4, 0.5) is 0 Å². The monoisotopic (exact) mass is 150 g/mol. The van der Waals surface area contributed by atoms with Gasteiger partial charge in [-0.2, -0.15) is 0 Å². The highest BCUT2D eigenvalue weighted by Gasteiger charge is 2.16. The molecule has 0 spiro atoms. The van der Waals surface area contributed by atoms with Crippen molar-refractivity contribution in [3.8, 4) is 0 Å². The molecule has 1 heterocycles. The molecule has 0 unspecified atom stereocenters. The minimum Gasteiger partial charge on any atom is -0.347 e. The molecule has 2 heteroatoms. The highest BCUT2D eigenvalue weighted by molar-refractivity contribution is 5.81. The summed E-state index contributed by atoms with van der Waals surface area (Å²) in [6.45, 7) is 10.1. The van der Waals surface area contributed by atoms with Crippen LogP contribution in [0.5, 0.6) is 0 Å². The second-order valence-electron chi connectivity index (χ2n) is 3.70. The van der Waals surface area contributed by atoms with Gasteiger partial charge in [0.25, 0.3) is 0 Å². The van der Waals surface area contributed by atoms with Crippen LogP contribution in [0.25, 0.3) is 0 Å². The van der Waals surface area contributed by atoms with Crippen molar-refractivity contribution in [2.24, 2.45) is 10.4 Å². The first kappa shape index (κ1) is 8.05. The fourth-order valence-electron chi connectivity index (χ4n) is 0.793. The number of hydrogen-bond acceptors (Lipinski definition) is 2. The zero-order valence-corrected chi connectivity index (χ0v) is 7.31. The maximum absolute atomic E-state index is 4.08. The van der Waals surface area contributed by atoms with Crippen LogP contribution in [0, 0.1) is 5.41 Å². The van der Waals surface area contributed by atoms with E-state index in [1.54, 1.807) is 0 Å². The quantitative estimate of drug-likeness (QED) is 0.561. The van der Waals surface area contributed by atoms with Crippen molar-refractivity contribution in [2.75, 3.05) is 0 Å². The van der Waals surface area contributed by atoms with Gasteiger partial charge in [0.1, 0.15) is 5.82 Å². The third-order valence-corrected chi connectivity index (χ3v) is 1.62. The number of rotatable bonds is 0. The van der Waals surface area contributed by atoms with Crippen LogP contribution in [0.3, 0.4) is 0 Å². The van der Waals surface area contributed by atoms with Gasteiger partial charge in [-0.15, -0.1) is 0 Å². The maximum Gasteiger partial charge on any atom is 0.122 e. The van der Waals surface area contributed by atoms with Crippen molar-refractivity contribution < 1.29 is 0 Å². The molecule has 11 heavy (non-hydrogen) atoms. The van der Waals surface area contributed by atoms with Crippen molar-refractivity contribution >= 4 is 6.21 Å². The summed E-state index contributed by atoms with van der Waals surface area (Å²) in [5.74, 6) is 0.706. The Balaban J connectivity index is 2.79. The SMILES string of the molecule is C=C1N=CC(C(C)(C)C)=CN1. The molecule has 1 N–H and O–H groups in total. The van der Waals surface area contributed by atoms with Crippen molar-refractivity contribution in [1.29, 1.82) is 0 Å². The number of aliphatic imine (C=N–C) groups is 1. The number of hydrogen-bond donors (Lipinski definition) is 1. The number of nitrogens with one attached hydrogen (secondary N) is 1. The Bertz CT molecular complexity index is 228. The summed E-state index contributed by atoms with van der Waals surface area (Å²) in [7, 11) is 0. The van der Waals surface area contributed by atoms with E-state index in [0.29, 0.717) is 5.82 Å². The minimum absolute atomic E-state index is 0.164. The molecule has 0 saturated heterocycles. The number of nitrogens with zero attached hydrogens (tertiary/aromatic N) is 1. The van der Waals surface area contributed by atoms with Crippen LogP contribution in [-0.4, -0.2) is 6.21 Å². The lowest BCUT2D eigenvalue weighted by atomic mass is 9.87. The predicted molar refractivity (Wildman–Crippen MR) is 48.3 cm³/mol. The third-order valence-electron chi connectivity index (χ3n) is 1.62. The largest absolute Gasteiger partial charge is 0.347 e. The maximum atomic E-state index is 4.08. The molecule has 0 fully saturated rings. The molecular formula is C9H14N2. The summed E-state index contributed by atoms with van der Waals surface area (Å²) in [5.41, 5.74) is 1.36. The van der Waals surface area contributed by atoms with Gasteiger partial charge >= 0.3 is 0 Å². The van der Waals surface area contributed by atoms with Crippen molar-refractivity contribution in [3.63, 3.8) is 0 Å². The fourth-order valence-corrected chi connectivity index (χ4v) is 0.793. The van der Waals surface area contributed by atoms with Gasteiger partial charge in [0.05, 0.1) is 0 Å². The molecule has 0 aromatic rings. The summed E-state index contributed by atoms with van der Waals surface area (Å²) >= 11 is 0. The van der Waals surface area contributed by atoms with Crippen LogP contribution in [0.2, 0.25) is 0 Å². The standard InChI is InChI=1S/C9H14N2/c1-7-10-5-8(6-11-7)9(2,3)4/h5-6,10H,1H2,2-4H3. The summed E-state index contributed by atoms with van der Waals surface area (Å²) in [4.78, 5) is 4.08. The smallest absolute Gasteiger partial charge is 0.122 e. The Morgan fingerprint density at radius 1 is 1.45 bits per heavy atom. The molecule has 0 radical (unpaired) electrons. The Labute approximate surface area is 67.7 Å². The van der Waals surface area contributed by atoms with E-state index in [2.05, 4.69) is 37.7 Å². The van der Waals surface area contributed by atoms with E-state index in [1.807, 2.05) is 12.4 Å². The lowest BCUT2D eigenvalue weighted by Gasteiger charge is -2.22. The van der Waals surface area contributed by atoms with Crippen molar-refractivity contribution in [1.82, 2.24) is 5.32 Å². The van der Waals surface area contributed by atoms with Gasteiger partial charge in [-0.3, -0.25) is 0 Å². The van der Waals surface area contributed by atoms with E-state index in [4.69, 9.17) is 0 Å². The highest BCUT2D eigenvalue weighted by atomic mass is 15.0. The molecule has 1 aliphatic rings. The molecule has 60 valence electrons. The number of allylic oxidation sites excluding steroid dienone is 1. The van der Waals surface area contributed by atoms with E-state index < -0.39 is 0 Å². The van der Waals surface area contributed by atoms with Crippen LogP contribution in [-0.2, 0) is 0 Å². The Morgan fingerprint density at radius 3 is 2.45 bits per heavy atom. The highest BCUT2D eigenvalue weighted by Crippen LogP contribution is 2.24. The average molecular weight is 150 g/mol. The van der Waals surface area contributed by atoms with Gasteiger partial charge in [-0.05, 0) is 11.0 Å². The molecule has 0 aromatic heterocycles. The first-order chi connectivity index (χ1) is 5.00. The molecular weight excluding hydrogens is 136 g/mol. The Hall–Kier alpha value is -1.05. The average Bonchev–Trinajstić information content (AvgIpc) is 1.86. The molecule has 0 saturated carbocycles. The van der Waals surface area contributed by atoms with Gasteiger partial charge in [0.2, 0.25) is 0 Å². The fraction of sp³-hybridized carbons (Fsp3) is 0.444. The van der Waals surface area contributed by atoms with E-state index in [1.165, 1.54) is 5.57 Å². The van der Waals surface area contributed by atoms with E-state index in [9.17, 15) is 0 Å². The van der Waals surface area contributed by atoms with Gasteiger partial charge in [0, 0.05) is 12.4 Å². The predicted octanol–water partition coefficient (Wildman–Crippen LogP) is 2.06. The van der Waals surface area contributed by atoms with Crippen molar-refractivity contribution in [2.45, 2.75) is 20.8 Å². The van der Waals surface area contributed by atoms with Gasteiger partial charge in [-0.1, -0.05) is 27.4 Å². The lowest BCUT2D eigenvalue weighted by molar-refractivity contribution is 0.521. The zero-order chi connectivity index (χ0) is 8.48. The summed E-state index contributed by atoms with van der Waals surface area (Å²) in [5, 5.41) is 2.98. The molecule has 1 rings (SSSR count). The molecule has 0 aliphatic carbocycles. The van der Waals surface area contributed by atoms with Gasteiger partial charge in [-0.25, -0.2) is 4.99 Å². The van der Waals surface area contributed by atoms with E-state index in [-0.39, 0.29) is 5.41 Å². The minimum atomic E-state index is 0.164. The first-order valence-electron chi connectivity index (χ1n) is 3.70. The zero-order valence-electron chi connectivity index (χ0n) is 7.31. The summed E-state index contributed by atoms with van der Waals surface area (Å²) in [6.07, 6.45) is 3.81. The van der Waals surface area contributed by atoms with Gasteiger partial charge < -0.3 is 5.32 Å². The van der Waals surface area contributed by atoms with Crippen LogP contribution in [0.15, 0.2) is 29.2 Å². The lowest BCUT2D eigenvalue weighted by Crippen LogP contribution is -2.18. The van der Waals surface area contributed by atoms with Gasteiger partial charge in [0.15, 0.2) is 0 Å². The first-order valence-corrected chi connectivity index (χ1v) is 3.70. The molecule has 0 bridgehead atoms. The Kier molecular flexibility index (Phi) is 1.85. The second kappa shape index (κ2) is 2.53. The van der Waals surface area contributed by atoms with E-state index >= 15 is 0 Å². The summed E-state index contributed by atoms with van der Waals surface area (Å²) in [6, 6.07) is 0. The van der Waals surface area contributed by atoms with Crippen molar-refractivity contribution in [3.05, 3.63) is 24.2 Å².